The van der Waals surface area contributed by atoms with E-state index in [0.29, 0.717) is 16.3 Å². The molecule has 0 aliphatic rings. The lowest BCUT2D eigenvalue weighted by molar-refractivity contribution is -0.119. The first kappa shape index (κ1) is 13.5. The van der Waals surface area contributed by atoms with Crippen LogP contribution in [-0.4, -0.2) is 32.7 Å². The van der Waals surface area contributed by atoms with Crippen LogP contribution in [0.4, 0.5) is 5.69 Å². The number of methoxy groups -OCH3 is 2. The Hall–Kier alpha value is -1.59. The summed E-state index contributed by atoms with van der Waals surface area (Å²) in [4.78, 5) is 22.6. The molecule has 0 aliphatic heterocycles. The highest BCUT2D eigenvalue weighted by Crippen LogP contribution is 2.23. The molecule has 0 saturated heterocycles. The second-order valence-electron chi connectivity index (χ2n) is 3.17. The highest BCUT2D eigenvalue weighted by atomic mass is 35.5. The molecule has 5 nitrogen and oxygen atoms in total. The number of hydrogen-bond acceptors (Lipinski definition) is 4. The minimum absolute atomic E-state index is 0.0845. The van der Waals surface area contributed by atoms with Gasteiger partial charge in [0.15, 0.2) is 0 Å². The molecule has 0 spiro atoms. The zero-order valence-corrected chi connectivity index (χ0v) is 10.2. The highest BCUT2D eigenvalue weighted by Gasteiger charge is 2.10. The van der Waals surface area contributed by atoms with Gasteiger partial charge in [0.25, 0.3) is 0 Å². The molecule has 0 bridgehead atoms. The molecule has 0 unspecified atom stereocenters. The first-order chi connectivity index (χ1) is 8.08. The van der Waals surface area contributed by atoms with Gasteiger partial charge >= 0.3 is 5.97 Å². The van der Waals surface area contributed by atoms with Gasteiger partial charge in [-0.1, -0.05) is 11.6 Å². The molecule has 0 fully saturated rings. The van der Waals surface area contributed by atoms with Crippen molar-refractivity contribution in [1.82, 2.24) is 0 Å². The van der Waals surface area contributed by atoms with E-state index in [1.807, 2.05) is 0 Å². The van der Waals surface area contributed by atoms with Gasteiger partial charge in [-0.3, -0.25) is 4.79 Å². The first-order valence-electron chi connectivity index (χ1n) is 4.75. The minimum atomic E-state index is -0.496. The third kappa shape index (κ3) is 3.72. The third-order valence-corrected chi connectivity index (χ3v) is 2.27. The summed E-state index contributed by atoms with van der Waals surface area (Å²) in [5.74, 6) is -0.847. The van der Waals surface area contributed by atoms with Crippen molar-refractivity contribution in [2.75, 3.05) is 26.1 Å². The van der Waals surface area contributed by atoms with Crippen LogP contribution in [0.25, 0.3) is 0 Å². The molecule has 0 saturated carbocycles. The fourth-order valence-corrected chi connectivity index (χ4v) is 1.35. The monoisotopic (exact) mass is 257 g/mol. The number of benzene rings is 1. The Labute approximate surface area is 104 Å². The van der Waals surface area contributed by atoms with Gasteiger partial charge in [-0.25, -0.2) is 4.79 Å². The van der Waals surface area contributed by atoms with Crippen molar-refractivity contribution in [3.8, 4) is 0 Å². The fourth-order valence-electron chi connectivity index (χ4n) is 1.18. The number of amides is 1. The van der Waals surface area contributed by atoms with Crippen molar-refractivity contribution in [3.63, 3.8) is 0 Å². The molecule has 0 atom stereocenters. The van der Waals surface area contributed by atoms with Crippen molar-refractivity contribution < 1.29 is 19.1 Å². The van der Waals surface area contributed by atoms with Crippen LogP contribution in [0.5, 0.6) is 0 Å². The predicted octanol–water partition coefficient (Wildman–Crippen LogP) is 1.71. The summed E-state index contributed by atoms with van der Waals surface area (Å²) in [6, 6.07) is 4.47. The smallest absolute Gasteiger partial charge is 0.337 e. The Morgan fingerprint density at radius 2 is 2.06 bits per heavy atom. The third-order valence-electron chi connectivity index (χ3n) is 1.94. The van der Waals surface area contributed by atoms with E-state index < -0.39 is 5.97 Å². The van der Waals surface area contributed by atoms with Crippen LogP contribution >= 0.6 is 11.6 Å². The fraction of sp³-hybridized carbons (Fsp3) is 0.273. The molecule has 0 aromatic heterocycles. The van der Waals surface area contributed by atoms with Crippen molar-refractivity contribution in [2.24, 2.45) is 0 Å². The summed E-state index contributed by atoms with van der Waals surface area (Å²) in [6.45, 7) is -0.0845. The maximum atomic E-state index is 11.3. The van der Waals surface area contributed by atoms with Crippen LogP contribution in [0.15, 0.2) is 18.2 Å². The van der Waals surface area contributed by atoms with Crippen LogP contribution in [0.3, 0.4) is 0 Å². The summed E-state index contributed by atoms with van der Waals surface area (Å²) < 4.78 is 9.23. The van der Waals surface area contributed by atoms with E-state index in [1.54, 1.807) is 0 Å². The van der Waals surface area contributed by atoms with E-state index in [4.69, 9.17) is 11.6 Å². The van der Waals surface area contributed by atoms with Gasteiger partial charge in [0.1, 0.15) is 6.61 Å². The molecule has 17 heavy (non-hydrogen) atoms. The molecule has 0 heterocycles. The zero-order chi connectivity index (χ0) is 12.8. The molecule has 1 amide bonds. The molecule has 0 aliphatic carbocycles. The molecule has 0 radical (unpaired) electrons. The number of carbonyl (C=O) groups is 2. The summed E-state index contributed by atoms with van der Waals surface area (Å²) in [7, 11) is 2.69. The van der Waals surface area contributed by atoms with Crippen LogP contribution in [0, 0.1) is 0 Å². The molecular formula is C11H12ClNO4. The van der Waals surface area contributed by atoms with Gasteiger partial charge in [-0.2, -0.15) is 0 Å². The molecule has 92 valence electrons. The van der Waals surface area contributed by atoms with Gasteiger partial charge in [0.05, 0.1) is 23.4 Å². The Morgan fingerprint density at radius 3 is 2.65 bits per heavy atom. The van der Waals surface area contributed by atoms with Crippen molar-refractivity contribution in [3.05, 3.63) is 28.8 Å². The quantitative estimate of drug-likeness (QED) is 0.834. The lowest BCUT2D eigenvalue weighted by atomic mass is 10.2. The van der Waals surface area contributed by atoms with E-state index in [1.165, 1.54) is 32.4 Å². The van der Waals surface area contributed by atoms with E-state index in [0.717, 1.165) is 0 Å². The molecule has 1 aromatic rings. The van der Waals surface area contributed by atoms with E-state index in [-0.39, 0.29) is 12.5 Å². The topological polar surface area (TPSA) is 64.6 Å². The van der Waals surface area contributed by atoms with Gasteiger partial charge in [0, 0.05) is 7.11 Å². The lowest BCUT2D eigenvalue weighted by Gasteiger charge is -2.08. The predicted molar refractivity (Wildman–Crippen MR) is 63.3 cm³/mol. The average molecular weight is 258 g/mol. The Morgan fingerprint density at radius 1 is 1.35 bits per heavy atom. The maximum absolute atomic E-state index is 11.3. The number of hydrogen-bond donors (Lipinski definition) is 1. The average Bonchev–Trinajstić information content (AvgIpc) is 2.31. The van der Waals surface area contributed by atoms with Crippen LogP contribution in [-0.2, 0) is 14.3 Å². The van der Waals surface area contributed by atoms with Crippen molar-refractivity contribution in [2.45, 2.75) is 0 Å². The van der Waals surface area contributed by atoms with E-state index >= 15 is 0 Å². The number of nitrogens with one attached hydrogen (secondary N) is 1. The largest absolute Gasteiger partial charge is 0.465 e. The number of anilines is 1. The number of halogens is 1. The van der Waals surface area contributed by atoms with Gasteiger partial charge < -0.3 is 14.8 Å². The number of esters is 1. The van der Waals surface area contributed by atoms with Crippen LogP contribution < -0.4 is 5.32 Å². The number of rotatable bonds is 4. The normalized spacial score (nSPS) is 9.82. The van der Waals surface area contributed by atoms with E-state index in [9.17, 15) is 9.59 Å². The van der Waals surface area contributed by atoms with Crippen LogP contribution in [0.2, 0.25) is 5.02 Å². The Kier molecular flexibility index (Phi) is 4.93. The molecule has 1 aromatic carbocycles. The number of carbonyl (C=O) groups excluding carboxylic acids is 2. The minimum Gasteiger partial charge on any atom is -0.465 e. The molecule has 6 heteroatoms. The number of ether oxygens (including phenoxy) is 2. The Balaban J connectivity index is 2.90. The standard InChI is InChI=1S/C11H12ClNO4/c1-16-6-10(14)13-9-5-7(11(15)17-2)3-4-8(9)12/h3-5H,6H2,1-2H3,(H,13,14). The molecule has 1 N–H and O–H groups in total. The van der Waals surface area contributed by atoms with Gasteiger partial charge in [0.2, 0.25) is 5.91 Å². The maximum Gasteiger partial charge on any atom is 0.337 e. The second-order valence-corrected chi connectivity index (χ2v) is 3.57. The Bertz CT molecular complexity index is 433. The SMILES string of the molecule is COCC(=O)Nc1cc(C(=O)OC)ccc1Cl. The summed E-state index contributed by atoms with van der Waals surface area (Å²) in [5.41, 5.74) is 0.654. The summed E-state index contributed by atoms with van der Waals surface area (Å²) >= 11 is 5.88. The van der Waals surface area contributed by atoms with Crippen LogP contribution in [0.1, 0.15) is 10.4 Å². The second kappa shape index (κ2) is 6.22. The van der Waals surface area contributed by atoms with Crippen molar-refractivity contribution in [1.29, 1.82) is 0 Å². The molecular weight excluding hydrogens is 246 g/mol. The van der Waals surface area contributed by atoms with Gasteiger partial charge in [-0.15, -0.1) is 0 Å². The van der Waals surface area contributed by atoms with Gasteiger partial charge in [-0.05, 0) is 18.2 Å². The zero-order valence-electron chi connectivity index (χ0n) is 9.45. The molecule has 1 rings (SSSR count). The summed E-state index contributed by atoms with van der Waals surface area (Å²) in [6.07, 6.45) is 0. The summed E-state index contributed by atoms with van der Waals surface area (Å²) in [5, 5.41) is 2.86. The van der Waals surface area contributed by atoms with Crippen molar-refractivity contribution >= 4 is 29.2 Å². The highest BCUT2D eigenvalue weighted by molar-refractivity contribution is 6.33. The van der Waals surface area contributed by atoms with E-state index in [2.05, 4.69) is 14.8 Å². The lowest BCUT2D eigenvalue weighted by Crippen LogP contribution is -2.17. The first-order valence-corrected chi connectivity index (χ1v) is 5.13.